The van der Waals surface area contributed by atoms with Gasteiger partial charge in [-0.3, -0.25) is 9.78 Å². The van der Waals surface area contributed by atoms with E-state index in [1.54, 1.807) is 19.1 Å². The van der Waals surface area contributed by atoms with Crippen molar-refractivity contribution < 1.29 is 18.0 Å². The number of allylic oxidation sites excluding steroid dienone is 2. The maximum atomic E-state index is 13.2. The monoisotopic (exact) mass is 399 g/mol. The van der Waals surface area contributed by atoms with Gasteiger partial charge in [-0.2, -0.15) is 13.2 Å². The van der Waals surface area contributed by atoms with Crippen LogP contribution in [0.4, 0.5) is 18.9 Å². The third-order valence-corrected chi connectivity index (χ3v) is 4.02. The number of aromatic nitrogens is 3. The summed E-state index contributed by atoms with van der Waals surface area (Å²) in [6.07, 6.45) is 1.09. The molecule has 2 aromatic heterocycles. The van der Waals surface area contributed by atoms with Crippen LogP contribution in [0.2, 0.25) is 0 Å². The minimum absolute atomic E-state index is 0.173. The number of H-pyrrole nitrogens is 1. The van der Waals surface area contributed by atoms with Crippen LogP contribution in [0.3, 0.4) is 0 Å². The lowest BCUT2D eigenvalue weighted by Crippen LogP contribution is -2.12. The lowest BCUT2D eigenvalue weighted by Gasteiger charge is -2.12. The van der Waals surface area contributed by atoms with E-state index in [9.17, 15) is 18.0 Å². The number of pyridine rings is 1. The van der Waals surface area contributed by atoms with Crippen LogP contribution in [0.25, 0.3) is 5.57 Å². The molecule has 0 atom stereocenters. The van der Waals surface area contributed by atoms with E-state index in [0.717, 1.165) is 6.07 Å². The number of rotatable bonds is 5. The molecule has 148 valence electrons. The Morgan fingerprint density at radius 1 is 1.17 bits per heavy atom. The molecule has 9 heteroatoms. The first-order valence-electron chi connectivity index (χ1n) is 8.46. The number of hydrogen-bond donors (Lipinski definition) is 3. The number of benzene rings is 1. The molecule has 29 heavy (non-hydrogen) atoms. The summed E-state index contributed by atoms with van der Waals surface area (Å²) < 4.78 is 39.5. The summed E-state index contributed by atoms with van der Waals surface area (Å²) in [6, 6.07) is 8.14. The smallest absolute Gasteiger partial charge is 0.334 e. The SMILES string of the molecule is C/C(=C/C(=N)c1ccccc1C(F)(F)F)c1ncc(C(=O)Nc2ccncc2)[nH]1. The van der Waals surface area contributed by atoms with Gasteiger partial charge in [-0.05, 0) is 36.8 Å². The van der Waals surface area contributed by atoms with Gasteiger partial charge in [0.05, 0.1) is 17.5 Å². The van der Waals surface area contributed by atoms with E-state index in [1.165, 1.54) is 42.9 Å². The predicted octanol–water partition coefficient (Wildman–Crippen LogP) is 4.55. The molecule has 0 saturated heterocycles. The maximum absolute atomic E-state index is 13.2. The van der Waals surface area contributed by atoms with Crippen LogP contribution in [0.5, 0.6) is 0 Å². The van der Waals surface area contributed by atoms with Crippen LogP contribution in [0, 0.1) is 5.41 Å². The van der Waals surface area contributed by atoms with Crippen molar-refractivity contribution in [1.29, 1.82) is 5.41 Å². The Hall–Kier alpha value is -3.75. The van der Waals surface area contributed by atoms with Crippen molar-refractivity contribution in [3.05, 3.63) is 83.7 Å². The molecule has 0 aliphatic heterocycles. The molecule has 1 amide bonds. The van der Waals surface area contributed by atoms with Crippen molar-refractivity contribution in [3.63, 3.8) is 0 Å². The van der Waals surface area contributed by atoms with E-state index in [4.69, 9.17) is 5.41 Å². The van der Waals surface area contributed by atoms with Gasteiger partial charge in [0.1, 0.15) is 11.5 Å². The van der Waals surface area contributed by atoms with Gasteiger partial charge in [0.2, 0.25) is 0 Å². The minimum atomic E-state index is -4.56. The second-order valence-electron chi connectivity index (χ2n) is 6.12. The van der Waals surface area contributed by atoms with E-state index in [1.807, 2.05) is 0 Å². The van der Waals surface area contributed by atoms with Crippen molar-refractivity contribution in [2.75, 3.05) is 5.32 Å². The molecule has 2 heterocycles. The Labute approximate surface area is 164 Å². The minimum Gasteiger partial charge on any atom is -0.334 e. The van der Waals surface area contributed by atoms with Crippen LogP contribution < -0.4 is 5.32 Å². The van der Waals surface area contributed by atoms with Gasteiger partial charge < -0.3 is 15.7 Å². The molecule has 0 fully saturated rings. The van der Waals surface area contributed by atoms with Gasteiger partial charge in [0, 0.05) is 23.6 Å². The highest BCUT2D eigenvalue weighted by molar-refractivity contribution is 6.11. The zero-order chi connectivity index (χ0) is 21.0. The fourth-order valence-electron chi connectivity index (χ4n) is 2.60. The first kappa shape index (κ1) is 20.0. The predicted molar refractivity (Wildman–Crippen MR) is 103 cm³/mol. The average molecular weight is 399 g/mol. The van der Waals surface area contributed by atoms with Crippen molar-refractivity contribution in [2.24, 2.45) is 0 Å². The van der Waals surface area contributed by atoms with Crippen LogP contribution in [0.1, 0.15) is 34.4 Å². The fourth-order valence-corrected chi connectivity index (χ4v) is 2.60. The van der Waals surface area contributed by atoms with Crippen LogP contribution in [0.15, 0.2) is 61.1 Å². The third kappa shape index (κ3) is 4.75. The number of anilines is 1. The summed E-state index contributed by atoms with van der Waals surface area (Å²) in [7, 11) is 0. The largest absolute Gasteiger partial charge is 0.417 e. The second-order valence-corrected chi connectivity index (χ2v) is 6.12. The summed E-state index contributed by atoms with van der Waals surface area (Å²) in [4.78, 5) is 23.0. The Bertz CT molecular complexity index is 1070. The van der Waals surface area contributed by atoms with Crippen molar-refractivity contribution >= 4 is 22.9 Å². The molecule has 3 aromatic rings. The second kappa shape index (κ2) is 8.09. The summed E-state index contributed by atoms with van der Waals surface area (Å²) in [6.45, 7) is 1.59. The van der Waals surface area contributed by atoms with Crippen LogP contribution >= 0.6 is 0 Å². The van der Waals surface area contributed by atoms with Gasteiger partial charge in [-0.15, -0.1) is 0 Å². The zero-order valence-electron chi connectivity index (χ0n) is 15.2. The number of hydrogen-bond acceptors (Lipinski definition) is 4. The highest BCUT2D eigenvalue weighted by Crippen LogP contribution is 2.32. The number of nitrogens with zero attached hydrogens (tertiary/aromatic N) is 2. The molecular weight excluding hydrogens is 383 g/mol. The number of carbonyl (C=O) groups excluding carboxylic acids is 1. The summed E-state index contributed by atoms with van der Waals surface area (Å²) in [5.41, 5.74) is -0.289. The Kier molecular flexibility index (Phi) is 5.58. The Balaban J connectivity index is 1.79. The number of carbonyl (C=O) groups is 1. The Morgan fingerprint density at radius 2 is 1.86 bits per heavy atom. The van der Waals surface area contributed by atoms with E-state index in [2.05, 4.69) is 20.3 Å². The highest BCUT2D eigenvalue weighted by atomic mass is 19.4. The van der Waals surface area contributed by atoms with Crippen molar-refractivity contribution in [3.8, 4) is 0 Å². The molecule has 3 N–H and O–H groups in total. The normalized spacial score (nSPS) is 11.9. The third-order valence-electron chi connectivity index (χ3n) is 4.02. The molecule has 3 rings (SSSR count). The van der Waals surface area contributed by atoms with Gasteiger partial charge in [0.25, 0.3) is 5.91 Å². The lowest BCUT2D eigenvalue weighted by atomic mass is 10.0. The molecule has 0 unspecified atom stereocenters. The number of aromatic amines is 1. The number of halogens is 3. The molecule has 6 nitrogen and oxygen atoms in total. The summed E-state index contributed by atoms with van der Waals surface area (Å²) in [5.74, 6) is -0.153. The molecule has 0 bridgehead atoms. The quantitative estimate of drug-likeness (QED) is 0.550. The van der Waals surface area contributed by atoms with E-state index < -0.39 is 17.6 Å². The standard InChI is InChI=1S/C20H16F3N5O/c1-12(10-16(24)14-4-2-3-5-15(14)20(21,22)23)18-26-11-17(28-18)19(29)27-13-6-8-25-9-7-13/h2-11,24H,1H3,(H,26,28)(H,25,27,29)/b12-10-,24-16?. The first-order valence-corrected chi connectivity index (χ1v) is 8.46. The number of imidazole rings is 1. The maximum Gasteiger partial charge on any atom is 0.417 e. The molecule has 0 spiro atoms. The van der Waals surface area contributed by atoms with Gasteiger partial charge in [0.15, 0.2) is 0 Å². The van der Waals surface area contributed by atoms with Crippen LogP contribution in [-0.2, 0) is 6.18 Å². The molecule has 0 aliphatic rings. The van der Waals surface area contributed by atoms with Crippen LogP contribution in [-0.4, -0.2) is 26.6 Å². The first-order chi connectivity index (χ1) is 13.8. The summed E-state index contributed by atoms with van der Waals surface area (Å²) in [5, 5.41) is 10.7. The topological polar surface area (TPSA) is 94.5 Å². The molecule has 0 radical (unpaired) electrons. The number of amides is 1. The fraction of sp³-hybridized carbons (Fsp3) is 0.100. The lowest BCUT2D eigenvalue weighted by molar-refractivity contribution is -0.137. The zero-order valence-corrected chi connectivity index (χ0v) is 15.2. The molecule has 0 aliphatic carbocycles. The molecule has 0 saturated carbocycles. The Morgan fingerprint density at radius 3 is 2.55 bits per heavy atom. The van der Waals surface area contributed by atoms with Crippen molar-refractivity contribution in [2.45, 2.75) is 13.1 Å². The van der Waals surface area contributed by atoms with Gasteiger partial charge >= 0.3 is 6.18 Å². The van der Waals surface area contributed by atoms with Crippen molar-refractivity contribution in [1.82, 2.24) is 15.0 Å². The number of nitrogens with one attached hydrogen (secondary N) is 3. The summed E-state index contributed by atoms with van der Waals surface area (Å²) >= 11 is 0. The van der Waals surface area contributed by atoms with E-state index in [0.29, 0.717) is 11.3 Å². The van der Waals surface area contributed by atoms with E-state index >= 15 is 0 Å². The highest BCUT2D eigenvalue weighted by Gasteiger charge is 2.33. The molecular formula is C20H16F3N5O. The van der Waals surface area contributed by atoms with Gasteiger partial charge in [-0.1, -0.05) is 18.2 Å². The molecule has 1 aromatic carbocycles. The van der Waals surface area contributed by atoms with Gasteiger partial charge in [-0.25, -0.2) is 4.98 Å². The number of alkyl halides is 3. The van der Waals surface area contributed by atoms with E-state index in [-0.39, 0.29) is 22.8 Å². The average Bonchev–Trinajstić information content (AvgIpc) is 3.18.